The van der Waals surface area contributed by atoms with Gasteiger partial charge < -0.3 is 21.1 Å². The molecule has 0 amide bonds. The molecule has 1 saturated heterocycles. The van der Waals surface area contributed by atoms with Gasteiger partial charge >= 0.3 is 0 Å². The molecule has 0 bridgehead atoms. The van der Waals surface area contributed by atoms with Crippen LogP contribution < -0.4 is 10.6 Å². The summed E-state index contributed by atoms with van der Waals surface area (Å²) in [4.78, 5) is 3.88. The minimum absolute atomic E-state index is 0.253. The lowest BCUT2D eigenvalue weighted by molar-refractivity contribution is 0.475. The van der Waals surface area contributed by atoms with Crippen molar-refractivity contribution in [2.75, 3.05) is 20.1 Å². The molecule has 1 aliphatic rings. The number of aryl methyl sites for hydroxylation is 1. The van der Waals surface area contributed by atoms with Crippen molar-refractivity contribution in [2.24, 2.45) is 4.99 Å². The summed E-state index contributed by atoms with van der Waals surface area (Å²) in [6.45, 7) is 3.87. The zero-order chi connectivity index (χ0) is 12.7. The van der Waals surface area contributed by atoms with Crippen LogP contribution >= 0.6 is 0 Å². The summed E-state index contributed by atoms with van der Waals surface area (Å²) >= 11 is 0. The van der Waals surface area contributed by atoms with Gasteiger partial charge in [-0.15, -0.1) is 0 Å². The Balaban J connectivity index is 0.000000181. The van der Waals surface area contributed by atoms with Crippen molar-refractivity contribution in [1.29, 1.82) is 5.41 Å². The van der Waals surface area contributed by atoms with Crippen molar-refractivity contribution in [2.45, 2.75) is 6.92 Å². The lowest BCUT2D eigenvalue weighted by atomic mass is 10.1. The average Bonchev–Trinajstić information content (AvgIpc) is 2.83. The Hall–Kier alpha value is -2.04. The van der Waals surface area contributed by atoms with Gasteiger partial charge in [0.1, 0.15) is 5.75 Å². The summed E-state index contributed by atoms with van der Waals surface area (Å²) in [6.07, 6.45) is 1.27. The highest BCUT2D eigenvalue weighted by atomic mass is 16.3. The van der Waals surface area contributed by atoms with Gasteiger partial charge in [0.2, 0.25) is 0 Å². The molecule has 2 rings (SSSR count). The molecule has 1 aromatic carbocycles. The van der Waals surface area contributed by atoms with Crippen LogP contribution in [0, 0.1) is 12.3 Å². The summed E-state index contributed by atoms with van der Waals surface area (Å²) < 4.78 is 0. The topological polar surface area (TPSA) is 80.5 Å². The number of hydrogen-bond acceptors (Lipinski definition) is 3. The summed E-state index contributed by atoms with van der Waals surface area (Å²) in [7, 11) is 1.76. The van der Waals surface area contributed by atoms with Gasteiger partial charge in [-0.2, -0.15) is 0 Å². The molecule has 0 saturated carbocycles. The second-order valence-corrected chi connectivity index (χ2v) is 3.61. The Labute approximate surface area is 101 Å². The van der Waals surface area contributed by atoms with Crippen molar-refractivity contribution in [3.05, 3.63) is 29.3 Å². The first-order valence-corrected chi connectivity index (χ1v) is 5.42. The van der Waals surface area contributed by atoms with E-state index in [0.29, 0.717) is 0 Å². The lowest BCUT2D eigenvalue weighted by Crippen LogP contribution is -2.23. The molecule has 0 spiro atoms. The van der Waals surface area contributed by atoms with Crippen LogP contribution in [0.1, 0.15) is 11.1 Å². The molecule has 1 aliphatic heterocycles. The van der Waals surface area contributed by atoms with E-state index in [1.54, 1.807) is 25.2 Å². The van der Waals surface area contributed by atoms with Gasteiger partial charge in [-0.05, 0) is 36.2 Å². The van der Waals surface area contributed by atoms with Gasteiger partial charge in [-0.1, -0.05) is 0 Å². The molecule has 0 unspecified atom stereocenters. The van der Waals surface area contributed by atoms with E-state index in [9.17, 15) is 0 Å². The quantitative estimate of drug-likeness (QED) is 0.544. The maximum Gasteiger partial charge on any atom is 0.191 e. The number of guanidine groups is 1. The molecule has 5 heteroatoms. The number of nitrogens with zero attached hydrogens (tertiary/aromatic N) is 1. The molecule has 17 heavy (non-hydrogen) atoms. The van der Waals surface area contributed by atoms with E-state index in [1.165, 1.54) is 6.21 Å². The third-order valence-corrected chi connectivity index (χ3v) is 2.34. The van der Waals surface area contributed by atoms with Crippen LogP contribution in [-0.2, 0) is 0 Å². The Morgan fingerprint density at radius 1 is 1.35 bits per heavy atom. The molecule has 92 valence electrons. The zero-order valence-electron chi connectivity index (χ0n) is 10.1. The fourth-order valence-corrected chi connectivity index (χ4v) is 1.40. The molecular formula is C12H18N4O. The van der Waals surface area contributed by atoms with Crippen LogP contribution in [0.2, 0.25) is 0 Å². The highest BCUT2D eigenvalue weighted by molar-refractivity contribution is 5.81. The number of rotatable bonds is 1. The molecule has 1 fully saturated rings. The van der Waals surface area contributed by atoms with Crippen molar-refractivity contribution in [1.82, 2.24) is 10.6 Å². The van der Waals surface area contributed by atoms with Crippen LogP contribution in [0.15, 0.2) is 23.2 Å². The first-order chi connectivity index (χ1) is 8.17. The number of aromatic hydroxyl groups is 1. The third-order valence-electron chi connectivity index (χ3n) is 2.34. The fourth-order valence-electron chi connectivity index (χ4n) is 1.40. The van der Waals surface area contributed by atoms with Crippen LogP contribution in [0.3, 0.4) is 0 Å². The molecule has 4 N–H and O–H groups in total. The smallest absolute Gasteiger partial charge is 0.191 e. The maximum absolute atomic E-state index is 8.96. The largest absolute Gasteiger partial charge is 0.508 e. The third kappa shape index (κ3) is 4.14. The fraction of sp³-hybridized carbons (Fsp3) is 0.333. The van der Waals surface area contributed by atoms with E-state index in [1.807, 2.05) is 6.92 Å². The summed E-state index contributed by atoms with van der Waals surface area (Å²) in [6, 6.07) is 4.94. The minimum Gasteiger partial charge on any atom is -0.508 e. The van der Waals surface area contributed by atoms with E-state index in [-0.39, 0.29) is 5.75 Å². The number of phenolic OH excluding ortho intramolecular Hbond substituents is 1. The highest BCUT2D eigenvalue weighted by Gasteiger charge is 2.00. The predicted octanol–water partition coefficient (Wildman–Crippen LogP) is 0.863. The monoisotopic (exact) mass is 234 g/mol. The van der Waals surface area contributed by atoms with Gasteiger partial charge in [0.25, 0.3) is 0 Å². The summed E-state index contributed by atoms with van der Waals surface area (Å²) in [5, 5.41) is 22.0. The van der Waals surface area contributed by atoms with Crippen LogP contribution in [0.25, 0.3) is 0 Å². The van der Waals surface area contributed by atoms with E-state index in [0.717, 1.165) is 30.2 Å². The minimum atomic E-state index is 0.253. The molecule has 1 aromatic rings. The molecular weight excluding hydrogens is 216 g/mol. The van der Waals surface area contributed by atoms with Crippen molar-refractivity contribution < 1.29 is 5.11 Å². The van der Waals surface area contributed by atoms with Crippen LogP contribution in [-0.4, -0.2) is 37.4 Å². The second kappa shape index (κ2) is 6.52. The second-order valence-electron chi connectivity index (χ2n) is 3.61. The average molecular weight is 234 g/mol. The van der Waals surface area contributed by atoms with Crippen molar-refractivity contribution in [3.63, 3.8) is 0 Å². The Kier molecular flexibility index (Phi) is 5.00. The molecule has 0 radical (unpaired) electrons. The van der Waals surface area contributed by atoms with Crippen LogP contribution in [0.4, 0.5) is 0 Å². The standard InChI is InChI=1S/C8H9NO.C4H9N3/c1-6-4-8(10)3-2-7(6)5-9;1-5-4-6-2-3-7-4/h2-5,9-10H,1H3;2-3H2,1H3,(H2,5,6,7). The Morgan fingerprint density at radius 3 is 2.41 bits per heavy atom. The van der Waals surface area contributed by atoms with Gasteiger partial charge in [0.15, 0.2) is 5.96 Å². The number of aliphatic imine (C=N–C) groups is 1. The van der Waals surface area contributed by atoms with Crippen molar-refractivity contribution in [3.8, 4) is 5.75 Å². The first kappa shape index (κ1) is 13.0. The molecule has 5 nitrogen and oxygen atoms in total. The Morgan fingerprint density at radius 2 is 2.00 bits per heavy atom. The zero-order valence-corrected chi connectivity index (χ0v) is 10.1. The van der Waals surface area contributed by atoms with E-state index < -0.39 is 0 Å². The van der Waals surface area contributed by atoms with Crippen molar-refractivity contribution >= 4 is 12.2 Å². The molecule has 1 heterocycles. The first-order valence-electron chi connectivity index (χ1n) is 5.42. The number of phenols is 1. The Bertz CT molecular complexity index is 407. The van der Waals surface area contributed by atoms with E-state index >= 15 is 0 Å². The summed E-state index contributed by atoms with van der Waals surface area (Å²) in [5.41, 5.74) is 1.77. The highest BCUT2D eigenvalue weighted by Crippen LogP contribution is 2.13. The molecule has 0 atom stereocenters. The number of nitrogens with one attached hydrogen (secondary N) is 3. The van der Waals surface area contributed by atoms with E-state index in [2.05, 4.69) is 15.6 Å². The maximum atomic E-state index is 8.96. The van der Waals surface area contributed by atoms with Gasteiger partial charge in [0, 0.05) is 26.4 Å². The summed E-state index contributed by atoms with van der Waals surface area (Å²) in [5.74, 6) is 1.17. The number of benzene rings is 1. The predicted molar refractivity (Wildman–Crippen MR) is 70.1 cm³/mol. The van der Waals surface area contributed by atoms with E-state index in [4.69, 9.17) is 10.5 Å². The van der Waals surface area contributed by atoms with Gasteiger partial charge in [-0.3, -0.25) is 4.99 Å². The van der Waals surface area contributed by atoms with Gasteiger partial charge in [0.05, 0.1) is 0 Å². The normalized spacial score (nSPS) is 12.9. The van der Waals surface area contributed by atoms with Crippen LogP contribution in [0.5, 0.6) is 5.75 Å². The lowest BCUT2D eigenvalue weighted by Gasteiger charge is -1.97. The van der Waals surface area contributed by atoms with Gasteiger partial charge in [-0.25, -0.2) is 0 Å². The molecule has 0 aromatic heterocycles. The number of hydrogen-bond donors (Lipinski definition) is 4. The molecule has 0 aliphatic carbocycles. The SMILES string of the molecule is CN=C1NCCN1.Cc1cc(O)ccc1C=N.